The standard InChI is InChI=1S/C42H57N3O5S/c1-27(2)31-15-11-21-42(22-12-16-31,40(49)50-25-30-13-9-8-10-14-30)37(41(5,6)7)39(48)45-24-34(46)23-35(45)38(47)44-28(3)32-17-19-33(20-18-32)36-29(4)43-26-51-36/h8-10,13-14,17-20,26-28,31,34-35,37,46H,11-12,15-16,21-25H2,1-7H3,(H,44,47)/t28-,31?,34+,35-,37+,42?/m0/s1. The molecular weight excluding hydrogens is 659 g/mol. The van der Waals surface area contributed by atoms with Crippen LogP contribution in [0.1, 0.15) is 109 Å². The quantitative estimate of drug-likeness (QED) is 0.205. The number of aryl methyl sites for hydroxylation is 1. The fourth-order valence-corrected chi connectivity index (χ4v) is 9.39. The van der Waals surface area contributed by atoms with Gasteiger partial charge >= 0.3 is 5.97 Å². The normalized spacial score (nSPS) is 24.0. The van der Waals surface area contributed by atoms with Crippen LogP contribution in [0.3, 0.4) is 0 Å². The van der Waals surface area contributed by atoms with E-state index >= 15 is 4.79 Å². The van der Waals surface area contributed by atoms with E-state index in [0.29, 0.717) is 24.7 Å². The minimum absolute atomic E-state index is 0.0470. The molecule has 0 spiro atoms. The smallest absolute Gasteiger partial charge is 0.313 e. The van der Waals surface area contributed by atoms with Gasteiger partial charge in [-0.15, -0.1) is 11.3 Å². The number of rotatable bonds is 10. The van der Waals surface area contributed by atoms with Crippen molar-refractivity contribution < 1.29 is 24.2 Å². The van der Waals surface area contributed by atoms with E-state index in [2.05, 4.69) is 24.1 Å². The van der Waals surface area contributed by atoms with E-state index in [-0.39, 0.29) is 43.4 Å². The van der Waals surface area contributed by atoms with Crippen LogP contribution in [0.2, 0.25) is 0 Å². The van der Waals surface area contributed by atoms with Crippen molar-refractivity contribution in [1.82, 2.24) is 15.2 Å². The third-order valence-corrected chi connectivity index (χ3v) is 12.2. The molecule has 0 unspecified atom stereocenters. The molecule has 8 nitrogen and oxygen atoms in total. The molecule has 51 heavy (non-hydrogen) atoms. The van der Waals surface area contributed by atoms with E-state index in [1.54, 1.807) is 16.2 Å². The summed E-state index contributed by atoms with van der Waals surface area (Å²) in [5.41, 5.74) is 4.04. The summed E-state index contributed by atoms with van der Waals surface area (Å²) < 4.78 is 6.12. The van der Waals surface area contributed by atoms with Crippen molar-refractivity contribution in [2.24, 2.45) is 28.6 Å². The largest absolute Gasteiger partial charge is 0.460 e. The molecule has 5 rings (SSSR count). The molecular formula is C42H57N3O5S. The maximum atomic E-state index is 15.1. The van der Waals surface area contributed by atoms with Crippen LogP contribution in [0.4, 0.5) is 0 Å². The lowest BCUT2D eigenvalue weighted by Crippen LogP contribution is -2.57. The Balaban J connectivity index is 1.40. The molecule has 1 saturated heterocycles. The SMILES string of the molecule is Cc1ncsc1-c1ccc([C@H](C)NC(=O)[C@@H]2C[C@@H](O)CN2C(=O)[C@H](C(C)(C)C)C2(C(=O)OCc3ccccc3)CCCC(C(C)C)CCC2)cc1. The minimum Gasteiger partial charge on any atom is -0.460 e. The van der Waals surface area contributed by atoms with Gasteiger partial charge in [0.05, 0.1) is 39.6 Å². The number of thiazole rings is 1. The zero-order valence-electron chi connectivity index (χ0n) is 31.5. The first-order valence-corrected chi connectivity index (χ1v) is 19.6. The zero-order valence-corrected chi connectivity index (χ0v) is 32.3. The second-order valence-electron chi connectivity index (χ2n) is 16.3. The molecule has 276 valence electrons. The van der Waals surface area contributed by atoms with Gasteiger partial charge < -0.3 is 20.1 Å². The maximum absolute atomic E-state index is 15.1. The number of ether oxygens (including phenoxy) is 1. The lowest BCUT2D eigenvalue weighted by atomic mass is 9.58. The Kier molecular flexibility index (Phi) is 12.4. The minimum atomic E-state index is -1.06. The van der Waals surface area contributed by atoms with E-state index in [9.17, 15) is 14.7 Å². The molecule has 2 fully saturated rings. The van der Waals surface area contributed by atoms with Gasteiger partial charge in [0.2, 0.25) is 11.8 Å². The molecule has 1 aromatic heterocycles. The number of carbonyl (C=O) groups is 3. The van der Waals surface area contributed by atoms with E-state index in [0.717, 1.165) is 52.9 Å². The van der Waals surface area contributed by atoms with Crippen LogP contribution in [-0.4, -0.2) is 51.5 Å². The number of aliphatic hydroxyl groups excluding tert-OH is 1. The lowest BCUT2D eigenvalue weighted by Gasteiger charge is -2.47. The Morgan fingerprint density at radius 2 is 1.67 bits per heavy atom. The second kappa shape index (κ2) is 16.4. The van der Waals surface area contributed by atoms with Crippen molar-refractivity contribution >= 4 is 29.1 Å². The summed E-state index contributed by atoms with van der Waals surface area (Å²) in [5.74, 6) is -0.521. The van der Waals surface area contributed by atoms with E-state index in [1.807, 2.05) is 94.7 Å². The number of carbonyl (C=O) groups excluding carboxylic acids is 3. The summed E-state index contributed by atoms with van der Waals surface area (Å²) >= 11 is 1.60. The molecule has 2 aliphatic rings. The number of esters is 1. The maximum Gasteiger partial charge on any atom is 0.313 e. The summed E-state index contributed by atoms with van der Waals surface area (Å²) in [6.45, 7) is 14.7. The number of aliphatic hydroxyl groups is 1. The molecule has 2 N–H and O–H groups in total. The monoisotopic (exact) mass is 715 g/mol. The Morgan fingerprint density at radius 1 is 1.02 bits per heavy atom. The number of β-amino-alcohol motifs (C(OH)–C–C–N with tert-alkyl or cyclic N) is 1. The Bertz CT molecular complexity index is 1620. The molecule has 0 radical (unpaired) electrons. The number of hydrogen-bond donors (Lipinski definition) is 2. The molecule has 4 atom stereocenters. The van der Waals surface area contributed by atoms with Crippen LogP contribution < -0.4 is 5.32 Å². The number of nitrogens with zero attached hydrogens (tertiary/aromatic N) is 2. The average Bonchev–Trinajstić information content (AvgIpc) is 3.69. The summed E-state index contributed by atoms with van der Waals surface area (Å²) in [7, 11) is 0. The van der Waals surface area contributed by atoms with Crippen LogP contribution >= 0.6 is 11.3 Å². The van der Waals surface area contributed by atoms with E-state index in [4.69, 9.17) is 4.74 Å². The Hall–Kier alpha value is -3.56. The number of likely N-dealkylation sites (tertiary alicyclic amines) is 1. The van der Waals surface area contributed by atoms with Crippen LogP contribution in [0, 0.1) is 35.5 Å². The Labute approximate surface area is 308 Å². The Morgan fingerprint density at radius 3 is 2.24 bits per heavy atom. The fourth-order valence-electron chi connectivity index (χ4n) is 8.58. The predicted molar refractivity (Wildman–Crippen MR) is 203 cm³/mol. The van der Waals surface area contributed by atoms with Gasteiger partial charge in [-0.25, -0.2) is 4.98 Å². The number of benzene rings is 2. The van der Waals surface area contributed by atoms with Crippen LogP contribution in [-0.2, 0) is 25.7 Å². The highest BCUT2D eigenvalue weighted by Gasteiger charge is 2.57. The molecule has 2 aromatic carbocycles. The van der Waals surface area contributed by atoms with Gasteiger partial charge in [-0.3, -0.25) is 14.4 Å². The highest BCUT2D eigenvalue weighted by atomic mass is 32.1. The summed E-state index contributed by atoms with van der Waals surface area (Å²) in [6, 6.07) is 16.6. The number of hydrogen-bond acceptors (Lipinski definition) is 7. The highest BCUT2D eigenvalue weighted by Crippen LogP contribution is 2.51. The number of amides is 2. The summed E-state index contributed by atoms with van der Waals surface area (Å²) in [6.07, 6.45) is 4.00. The first-order valence-electron chi connectivity index (χ1n) is 18.7. The van der Waals surface area contributed by atoms with Gasteiger partial charge in [0.15, 0.2) is 0 Å². The van der Waals surface area contributed by atoms with Gasteiger partial charge in [0.1, 0.15) is 12.6 Å². The van der Waals surface area contributed by atoms with Crippen molar-refractivity contribution in [2.45, 2.75) is 118 Å². The second-order valence-corrected chi connectivity index (χ2v) is 17.2. The van der Waals surface area contributed by atoms with Crippen LogP contribution in [0.25, 0.3) is 10.4 Å². The molecule has 9 heteroatoms. The summed E-state index contributed by atoms with van der Waals surface area (Å²) in [4.78, 5) is 50.6. The van der Waals surface area contributed by atoms with Crippen molar-refractivity contribution in [2.75, 3.05) is 6.54 Å². The number of aromatic nitrogens is 1. The van der Waals surface area contributed by atoms with Crippen molar-refractivity contribution in [3.05, 3.63) is 76.9 Å². The first-order chi connectivity index (χ1) is 24.2. The third-order valence-electron chi connectivity index (χ3n) is 11.3. The van der Waals surface area contributed by atoms with Gasteiger partial charge in [-0.1, -0.05) is 115 Å². The lowest BCUT2D eigenvalue weighted by molar-refractivity contribution is -0.175. The van der Waals surface area contributed by atoms with E-state index in [1.165, 1.54) is 0 Å². The average molecular weight is 716 g/mol. The first kappa shape index (κ1) is 38.7. The van der Waals surface area contributed by atoms with Gasteiger partial charge in [0, 0.05) is 13.0 Å². The van der Waals surface area contributed by atoms with Gasteiger partial charge in [0.25, 0.3) is 0 Å². The predicted octanol–water partition coefficient (Wildman–Crippen LogP) is 8.28. The molecule has 2 amide bonds. The third kappa shape index (κ3) is 8.91. The van der Waals surface area contributed by atoms with Crippen molar-refractivity contribution in [3.8, 4) is 10.4 Å². The van der Waals surface area contributed by atoms with Crippen LogP contribution in [0.15, 0.2) is 60.1 Å². The topological polar surface area (TPSA) is 109 Å². The molecule has 1 saturated carbocycles. The molecule has 3 aromatic rings. The van der Waals surface area contributed by atoms with Gasteiger partial charge in [-0.2, -0.15) is 0 Å². The van der Waals surface area contributed by atoms with E-state index < -0.39 is 28.9 Å². The fraction of sp³-hybridized carbons (Fsp3) is 0.571. The zero-order chi connectivity index (χ0) is 36.9. The molecule has 1 aliphatic carbocycles. The van der Waals surface area contributed by atoms with Gasteiger partial charge in [-0.05, 0) is 60.6 Å². The molecule has 2 heterocycles. The highest BCUT2D eigenvalue weighted by molar-refractivity contribution is 7.13. The molecule has 0 bridgehead atoms. The number of nitrogens with one attached hydrogen (secondary N) is 1. The molecule has 1 aliphatic heterocycles. The van der Waals surface area contributed by atoms with Crippen molar-refractivity contribution in [3.63, 3.8) is 0 Å². The summed E-state index contributed by atoms with van der Waals surface area (Å²) in [5, 5.41) is 14.1. The van der Waals surface area contributed by atoms with Crippen LogP contribution in [0.5, 0.6) is 0 Å². The van der Waals surface area contributed by atoms with Crippen molar-refractivity contribution in [1.29, 1.82) is 0 Å².